The normalized spacial score (nSPS) is 10.7. The van der Waals surface area contributed by atoms with Gasteiger partial charge in [-0.3, -0.25) is 15.4 Å². The number of nitrogens with one attached hydrogen (secondary N) is 2. The van der Waals surface area contributed by atoms with Gasteiger partial charge in [0.2, 0.25) is 0 Å². The zero-order valence-electron chi connectivity index (χ0n) is 10.5. The number of carboxylic acid groups (broad SMARTS) is 1. The number of hydrogen-bond acceptors (Lipinski definition) is 6. The van der Waals surface area contributed by atoms with E-state index >= 15 is 0 Å². The summed E-state index contributed by atoms with van der Waals surface area (Å²) >= 11 is 0.839. The number of carbonyl (C=O) groups is 3. The number of rotatable bonds is 2. The zero-order valence-corrected chi connectivity index (χ0v) is 11.3. The molecular formula is C10H13N3O5S. The molecule has 1 aromatic rings. The third-order valence-corrected chi connectivity index (χ3v) is 2.47. The summed E-state index contributed by atoms with van der Waals surface area (Å²) in [5.74, 6) is -0.803. The number of thiazole rings is 1. The van der Waals surface area contributed by atoms with Crippen LogP contribution < -0.4 is 10.6 Å². The van der Waals surface area contributed by atoms with Crippen molar-refractivity contribution < 1.29 is 24.2 Å². The van der Waals surface area contributed by atoms with Gasteiger partial charge in [-0.15, -0.1) is 0 Å². The zero-order chi connectivity index (χ0) is 14.6. The topological polar surface area (TPSA) is 118 Å². The monoisotopic (exact) mass is 287 g/mol. The van der Waals surface area contributed by atoms with Crippen molar-refractivity contribution in [3.05, 3.63) is 11.1 Å². The van der Waals surface area contributed by atoms with E-state index in [9.17, 15) is 14.4 Å². The summed E-state index contributed by atoms with van der Waals surface area (Å²) < 4.78 is 5.00. The molecule has 0 unspecified atom stereocenters. The lowest BCUT2D eigenvalue weighted by Gasteiger charge is -2.18. The van der Waals surface area contributed by atoms with E-state index in [0.717, 1.165) is 17.5 Å². The first-order valence-electron chi connectivity index (χ1n) is 5.17. The molecule has 8 nitrogen and oxygen atoms in total. The van der Waals surface area contributed by atoms with Gasteiger partial charge in [0.05, 0.1) is 6.20 Å². The van der Waals surface area contributed by atoms with Gasteiger partial charge in [0, 0.05) is 0 Å². The smallest absolute Gasteiger partial charge is 0.413 e. The van der Waals surface area contributed by atoms with Gasteiger partial charge in [-0.2, -0.15) is 0 Å². The highest BCUT2D eigenvalue weighted by molar-refractivity contribution is 7.17. The lowest BCUT2D eigenvalue weighted by molar-refractivity contribution is 0.0635. The molecule has 0 saturated heterocycles. The average molecular weight is 287 g/mol. The first-order chi connectivity index (χ1) is 8.67. The van der Waals surface area contributed by atoms with Crippen molar-refractivity contribution in [2.24, 2.45) is 0 Å². The van der Waals surface area contributed by atoms with Crippen molar-refractivity contribution in [2.45, 2.75) is 26.4 Å². The largest absolute Gasteiger partial charge is 0.465 e. The van der Waals surface area contributed by atoms with Crippen LogP contribution in [0.25, 0.3) is 0 Å². The third kappa shape index (κ3) is 5.34. The molecule has 0 radical (unpaired) electrons. The Balaban J connectivity index is 2.63. The van der Waals surface area contributed by atoms with Crippen LogP contribution in [0.1, 0.15) is 30.4 Å². The van der Waals surface area contributed by atoms with Crippen LogP contribution in [0.4, 0.5) is 14.7 Å². The Morgan fingerprint density at radius 2 is 2.00 bits per heavy atom. The van der Waals surface area contributed by atoms with Gasteiger partial charge in [-0.1, -0.05) is 11.3 Å². The molecule has 0 aliphatic rings. The fourth-order valence-electron chi connectivity index (χ4n) is 0.987. The summed E-state index contributed by atoms with van der Waals surface area (Å²) in [7, 11) is 0. The number of hydrogen-bond donors (Lipinski definition) is 3. The summed E-state index contributed by atoms with van der Waals surface area (Å²) in [5.41, 5.74) is -0.648. The number of nitrogens with zero attached hydrogens (tertiary/aromatic N) is 1. The number of imide groups is 1. The van der Waals surface area contributed by atoms with Crippen molar-refractivity contribution >= 4 is 34.6 Å². The molecule has 9 heteroatoms. The standard InChI is InChI=1S/C10H13N3O5S/c1-10(2,3)18-9(17)13-7-11-4-5(19-7)6(14)12-8(15)16/h4H,1-3H3,(H,12,14)(H,15,16)(H,11,13,17). The molecule has 19 heavy (non-hydrogen) atoms. The van der Waals surface area contributed by atoms with Crippen molar-refractivity contribution in [1.82, 2.24) is 10.3 Å². The number of anilines is 1. The molecule has 1 aromatic heterocycles. The minimum atomic E-state index is -1.46. The van der Waals surface area contributed by atoms with Crippen LogP contribution in [0.5, 0.6) is 0 Å². The average Bonchev–Trinajstić information content (AvgIpc) is 2.61. The summed E-state index contributed by atoms with van der Waals surface area (Å²) in [6.45, 7) is 5.13. The predicted molar refractivity (Wildman–Crippen MR) is 67.5 cm³/mol. The Hall–Kier alpha value is -2.16. The summed E-state index contributed by atoms with van der Waals surface area (Å²) in [5, 5.41) is 12.5. The van der Waals surface area contributed by atoms with Crippen molar-refractivity contribution in [2.75, 3.05) is 5.32 Å². The van der Waals surface area contributed by atoms with E-state index in [0.29, 0.717) is 0 Å². The van der Waals surface area contributed by atoms with E-state index in [1.54, 1.807) is 26.1 Å². The molecule has 0 aromatic carbocycles. The molecule has 0 aliphatic carbocycles. The highest BCUT2D eigenvalue weighted by atomic mass is 32.1. The molecule has 0 saturated carbocycles. The van der Waals surface area contributed by atoms with E-state index in [1.165, 1.54) is 0 Å². The maximum atomic E-state index is 11.4. The molecule has 3 amide bonds. The number of amides is 3. The van der Waals surface area contributed by atoms with Crippen molar-refractivity contribution in [1.29, 1.82) is 0 Å². The molecule has 0 spiro atoms. The summed E-state index contributed by atoms with van der Waals surface area (Å²) in [6.07, 6.45) is -0.998. The lowest BCUT2D eigenvalue weighted by Crippen LogP contribution is -2.28. The second kappa shape index (κ2) is 5.65. The molecule has 0 aliphatic heterocycles. The maximum Gasteiger partial charge on any atom is 0.413 e. The van der Waals surface area contributed by atoms with Crippen LogP contribution in [0, 0.1) is 0 Å². The van der Waals surface area contributed by atoms with Crippen molar-refractivity contribution in [3.8, 4) is 0 Å². The van der Waals surface area contributed by atoms with Crippen LogP contribution in [-0.4, -0.2) is 33.8 Å². The van der Waals surface area contributed by atoms with E-state index in [4.69, 9.17) is 9.84 Å². The minimum Gasteiger partial charge on any atom is -0.465 e. The maximum absolute atomic E-state index is 11.4. The molecule has 1 heterocycles. The van der Waals surface area contributed by atoms with Gasteiger partial charge in [0.25, 0.3) is 5.91 Å². The van der Waals surface area contributed by atoms with E-state index in [2.05, 4.69) is 10.3 Å². The predicted octanol–water partition coefficient (Wildman–Crippen LogP) is 1.90. The quantitative estimate of drug-likeness (QED) is 0.764. The van der Waals surface area contributed by atoms with Crippen LogP contribution in [0.15, 0.2) is 6.20 Å². The Bertz CT molecular complexity index is 506. The van der Waals surface area contributed by atoms with Crippen molar-refractivity contribution in [3.63, 3.8) is 0 Å². The fraction of sp³-hybridized carbons (Fsp3) is 0.400. The third-order valence-electron chi connectivity index (χ3n) is 1.56. The minimum absolute atomic E-state index is 0.0634. The second-order valence-corrected chi connectivity index (χ2v) is 5.45. The van der Waals surface area contributed by atoms with Gasteiger partial charge in [-0.25, -0.2) is 14.6 Å². The molecule has 0 fully saturated rings. The van der Waals surface area contributed by atoms with Gasteiger partial charge in [0.1, 0.15) is 10.5 Å². The SMILES string of the molecule is CC(C)(C)OC(=O)Nc1ncc(C(=O)NC(=O)O)s1. The highest BCUT2D eigenvalue weighted by Crippen LogP contribution is 2.19. The van der Waals surface area contributed by atoms with Gasteiger partial charge in [-0.05, 0) is 20.8 Å². The molecule has 0 atom stereocenters. The first kappa shape index (κ1) is 14.9. The molecule has 0 bridgehead atoms. The Morgan fingerprint density at radius 3 is 2.53 bits per heavy atom. The van der Waals surface area contributed by atoms with E-state index in [1.807, 2.05) is 0 Å². The fourth-order valence-corrected chi connectivity index (χ4v) is 1.68. The second-order valence-electron chi connectivity index (χ2n) is 4.42. The Kier molecular flexibility index (Phi) is 4.43. The highest BCUT2D eigenvalue weighted by Gasteiger charge is 2.18. The van der Waals surface area contributed by atoms with Gasteiger partial charge >= 0.3 is 12.2 Å². The van der Waals surface area contributed by atoms with Crippen LogP contribution in [0.3, 0.4) is 0 Å². The Morgan fingerprint density at radius 1 is 1.37 bits per heavy atom. The van der Waals surface area contributed by atoms with Gasteiger partial charge in [0.15, 0.2) is 5.13 Å². The van der Waals surface area contributed by atoms with E-state index < -0.39 is 23.7 Å². The summed E-state index contributed by atoms with van der Waals surface area (Å²) in [6, 6.07) is 0. The molecular weight excluding hydrogens is 274 g/mol. The van der Waals surface area contributed by atoms with Crippen LogP contribution in [-0.2, 0) is 4.74 Å². The summed E-state index contributed by atoms with van der Waals surface area (Å²) in [4.78, 5) is 36.9. The molecule has 3 N–H and O–H groups in total. The number of aromatic nitrogens is 1. The molecule has 1 rings (SSSR count). The number of carbonyl (C=O) groups excluding carboxylic acids is 2. The lowest BCUT2D eigenvalue weighted by atomic mass is 10.2. The number of ether oxygens (including phenoxy) is 1. The van der Waals surface area contributed by atoms with Crippen LogP contribution >= 0.6 is 11.3 Å². The van der Waals surface area contributed by atoms with Gasteiger partial charge < -0.3 is 9.84 Å². The molecule has 104 valence electrons. The Labute approximate surface area is 112 Å². The van der Waals surface area contributed by atoms with Crippen LogP contribution in [0.2, 0.25) is 0 Å². The van der Waals surface area contributed by atoms with E-state index in [-0.39, 0.29) is 10.0 Å². The first-order valence-corrected chi connectivity index (χ1v) is 5.99.